The van der Waals surface area contributed by atoms with Crippen molar-refractivity contribution in [1.82, 2.24) is 10.3 Å². The first kappa shape index (κ1) is 15.9. The maximum Gasteiger partial charge on any atom is 0.125 e. The van der Waals surface area contributed by atoms with E-state index in [4.69, 9.17) is 14.5 Å². The number of nitrogens with one attached hydrogen (secondary N) is 1. The zero-order valence-corrected chi connectivity index (χ0v) is 13.8. The van der Waals surface area contributed by atoms with Crippen molar-refractivity contribution in [3.05, 3.63) is 15.6 Å². The van der Waals surface area contributed by atoms with Crippen LogP contribution in [0.15, 0.2) is 0 Å². The Morgan fingerprint density at radius 2 is 2.00 bits per heavy atom. The lowest BCUT2D eigenvalue weighted by Crippen LogP contribution is -2.26. The molecule has 0 spiro atoms. The summed E-state index contributed by atoms with van der Waals surface area (Å²) in [6, 6.07) is 0.709. The molecule has 0 amide bonds. The van der Waals surface area contributed by atoms with Gasteiger partial charge in [0.15, 0.2) is 0 Å². The minimum absolute atomic E-state index is 0.245. The van der Waals surface area contributed by atoms with Crippen LogP contribution in [-0.4, -0.2) is 25.2 Å². The number of methoxy groups -OCH3 is 2. The third kappa shape index (κ3) is 3.39. The Bertz CT molecular complexity index is 417. The number of nitrogens with zero attached hydrogens (tertiary/aromatic N) is 1. The average molecular weight is 298 g/mol. The predicted molar refractivity (Wildman–Crippen MR) is 82.0 cm³/mol. The molecule has 0 unspecified atom stereocenters. The Morgan fingerprint density at radius 3 is 2.50 bits per heavy atom. The monoisotopic (exact) mass is 298 g/mol. The van der Waals surface area contributed by atoms with E-state index in [9.17, 15) is 0 Å². The van der Waals surface area contributed by atoms with Crippen LogP contribution in [0.2, 0.25) is 0 Å². The molecule has 1 fully saturated rings. The van der Waals surface area contributed by atoms with Gasteiger partial charge < -0.3 is 14.8 Å². The maximum atomic E-state index is 5.79. The van der Waals surface area contributed by atoms with Gasteiger partial charge in [0.2, 0.25) is 0 Å². The number of thiazole rings is 1. The van der Waals surface area contributed by atoms with Crippen molar-refractivity contribution >= 4 is 11.3 Å². The van der Waals surface area contributed by atoms with Crippen LogP contribution in [0, 0.1) is 0 Å². The van der Waals surface area contributed by atoms with E-state index < -0.39 is 0 Å². The number of hydrogen-bond donors (Lipinski definition) is 1. The van der Waals surface area contributed by atoms with E-state index in [1.54, 1.807) is 25.6 Å². The number of aromatic nitrogens is 1. The molecule has 0 aromatic carbocycles. The van der Waals surface area contributed by atoms with Gasteiger partial charge >= 0.3 is 0 Å². The smallest absolute Gasteiger partial charge is 0.125 e. The molecule has 0 bridgehead atoms. The number of rotatable bonds is 9. The number of hydrogen-bond acceptors (Lipinski definition) is 5. The average Bonchev–Trinajstić information content (AvgIpc) is 3.22. The van der Waals surface area contributed by atoms with Crippen LogP contribution in [0.1, 0.15) is 55.1 Å². The van der Waals surface area contributed by atoms with Gasteiger partial charge in [-0.05, 0) is 25.7 Å². The van der Waals surface area contributed by atoms with Crippen LogP contribution in [0.5, 0.6) is 0 Å². The van der Waals surface area contributed by atoms with Gasteiger partial charge in [0.1, 0.15) is 10.6 Å². The second-order valence-corrected chi connectivity index (χ2v) is 6.47. The van der Waals surface area contributed by atoms with E-state index in [2.05, 4.69) is 19.2 Å². The summed E-state index contributed by atoms with van der Waals surface area (Å²) in [5.41, 5.74) is 0.814. The maximum absolute atomic E-state index is 5.79. The van der Waals surface area contributed by atoms with Gasteiger partial charge in [0.05, 0.1) is 12.3 Å². The van der Waals surface area contributed by atoms with Crippen LogP contribution in [0.25, 0.3) is 0 Å². The van der Waals surface area contributed by atoms with E-state index in [1.807, 2.05) is 0 Å². The summed E-state index contributed by atoms with van der Waals surface area (Å²) >= 11 is 1.77. The van der Waals surface area contributed by atoms with Crippen LogP contribution >= 0.6 is 11.3 Å². The first-order valence-electron chi connectivity index (χ1n) is 7.45. The molecule has 5 heteroatoms. The molecule has 1 heterocycles. The van der Waals surface area contributed by atoms with Crippen molar-refractivity contribution in [3.8, 4) is 0 Å². The van der Waals surface area contributed by atoms with Crippen molar-refractivity contribution in [2.45, 2.75) is 64.3 Å². The van der Waals surface area contributed by atoms with Crippen molar-refractivity contribution in [3.63, 3.8) is 0 Å². The molecule has 0 saturated heterocycles. The summed E-state index contributed by atoms with van der Waals surface area (Å²) < 4.78 is 11.1. The molecule has 2 rings (SSSR count). The predicted octanol–water partition coefficient (Wildman–Crippen LogP) is 3.20. The SMILES string of the molecule is CCC(CC)(OC)c1nc(COC)c(CNC2CC2)s1. The molecule has 114 valence electrons. The minimum Gasteiger partial charge on any atom is -0.378 e. The molecule has 1 saturated carbocycles. The van der Waals surface area contributed by atoms with Crippen molar-refractivity contribution in [2.75, 3.05) is 14.2 Å². The third-order valence-corrected chi connectivity index (χ3v) is 5.39. The van der Waals surface area contributed by atoms with Gasteiger partial charge in [-0.1, -0.05) is 13.8 Å². The van der Waals surface area contributed by atoms with E-state index in [0.717, 1.165) is 30.1 Å². The second kappa shape index (κ2) is 6.98. The topological polar surface area (TPSA) is 43.4 Å². The summed E-state index contributed by atoms with van der Waals surface area (Å²) in [5, 5.41) is 4.65. The Labute approximate surface area is 125 Å². The highest BCUT2D eigenvalue weighted by atomic mass is 32.1. The molecule has 0 radical (unpaired) electrons. The second-order valence-electron chi connectivity index (χ2n) is 5.38. The first-order chi connectivity index (χ1) is 9.69. The molecular weight excluding hydrogens is 272 g/mol. The van der Waals surface area contributed by atoms with E-state index in [0.29, 0.717) is 12.6 Å². The molecule has 1 aromatic rings. The van der Waals surface area contributed by atoms with Crippen molar-refractivity contribution < 1.29 is 9.47 Å². The Balaban J connectivity index is 2.21. The largest absolute Gasteiger partial charge is 0.378 e. The normalized spacial score (nSPS) is 15.8. The molecule has 0 atom stereocenters. The molecule has 1 aliphatic carbocycles. The molecule has 1 aromatic heterocycles. The van der Waals surface area contributed by atoms with E-state index in [1.165, 1.54) is 17.7 Å². The highest BCUT2D eigenvalue weighted by Gasteiger charge is 2.33. The Kier molecular flexibility index (Phi) is 5.55. The van der Waals surface area contributed by atoms with Crippen LogP contribution < -0.4 is 5.32 Å². The zero-order valence-electron chi connectivity index (χ0n) is 13.0. The molecule has 20 heavy (non-hydrogen) atoms. The lowest BCUT2D eigenvalue weighted by atomic mass is 9.98. The van der Waals surface area contributed by atoms with E-state index >= 15 is 0 Å². The first-order valence-corrected chi connectivity index (χ1v) is 8.27. The summed E-state index contributed by atoms with van der Waals surface area (Å²) in [4.78, 5) is 6.10. The summed E-state index contributed by atoms with van der Waals surface area (Å²) in [6.45, 7) is 5.79. The zero-order chi connectivity index (χ0) is 14.6. The summed E-state index contributed by atoms with van der Waals surface area (Å²) in [5.74, 6) is 0. The lowest BCUT2D eigenvalue weighted by Gasteiger charge is -2.27. The van der Waals surface area contributed by atoms with Crippen LogP contribution in [0.3, 0.4) is 0 Å². The lowest BCUT2D eigenvalue weighted by molar-refractivity contribution is -0.0221. The Morgan fingerprint density at radius 1 is 1.30 bits per heavy atom. The summed E-state index contributed by atoms with van der Waals surface area (Å²) in [6.07, 6.45) is 4.49. The summed E-state index contributed by atoms with van der Waals surface area (Å²) in [7, 11) is 3.51. The molecule has 1 aliphatic rings. The third-order valence-electron chi connectivity index (χ3n) is 4.11. The quantitative estimate of drug-likeness (QED) is 0.760. The fourth-order valence-electron chi connectivity index (χ4n) is 2.42. The number of ether oxygens (including phenoxy) is 2. The molecule has 1 N–H and O–H groups in total. The van der Waals surface area contributed by atoms with Crippen molar-refractivity contribution in [1.29, 1.82) is 0 Å². The Hall–Kier alpha value is -0.490. The van der Waals surface area contributed by atoms with Gasteiger partial charge in [-0.25, -0.2) is 4.98 Å². The van der Waals surface area contributed by atoms with Gasteiger partial charge in [-0.3, -0.25) is 0 Å². The molecule has 0 aliphatic heterocycles. The highest BCUT2D eigenvalue weighted by Crippen LogP contribution is 2.37. The van der Waals surface area contributed by atoms with Gasteiger partial charge in [0.25, 0.3) is 0 Å². The van der Waals surface area contributed by atoms with Crippen molar-refractivity contribution in [2.24, 2.45) is 0 Å². The van der Waals surface area contributed by atoms with Gasteiger partial charge in [-0.15, -0.1) is 11.3 Å². The fourth-order valence-corrected chi connectivity index (χ4v) is 3.74. The highest BCUT2D eigenvalue weighted by molar-refractivity contribution is 7.11. The standard InChI is InChI=1S/C15H26N2O2S/c1-5-15(6-2,19-4)14-17-12(10-18-3)13(20-14)9-16-11-7-8-11/h11,16H,5-10H2,1-4H3. The van der Waals surface area contributed by atoms with E-state index in [-0.39, 0.29) is 5.60 Å². The van der Waals surface area contributed by atoms with Gasteiger partial charge in [0, 0.05) is 31.7 Å². The van der Waals surface area contributed by atoms with Crippen LogP contribution in [0.4, 0.5) is 0 Å². The molecule has 4 nitrogen and oxygen atoms in total. The molecular formula is C15H26N2O2S. The minimum atomic E-state index is -0.245. The van der Waals surface area contributed by atoms with Gasteiger partial charge in [-0.2, -0.15) is 0 Å². The fraction of sp³-hybridized carbons (Fsp3) is 0.800. The van der Waals surface area contributed by atoms with Crippen LogP contribution in [-0.2, 0) is 28.2 Å².